The van der Waals surface area contributed by atoms with Gasteiger partial charge in [0.2, 0.25) is 5.91 Å². The van der Waals surface area contributed by atoms with Gasteiger partial charge in [0.05, 0.1) is 0 Å². The topological polar surface area (TPSA) is 91.0 Å². The van der Waals surface area contributed by atoms with Gasteiger partial charge in [0, 0.05) is 12.6 Å². The Morgan fingerprint density at radius 2 is 2.25 bits per heavy atom. The zero-order valence-corrected chi connectivity index (χ0v) is 10.0. The molecule has 1 saturated heterocycles. The number of rotatable bonds is 3. The molecule has 16 heavy (non-hydrogen) atoms. The summed E-state index contributed by atoms with van der Waals surface area (Å²) in [5.41, 5.74) is 4.51. The smallest absolute Gasteiger partial charge is 0.233 e. The molecule has 6 heteroatoms. The summed E-state index contributed by atoms with van der Waals surface area (Å²) in [6.45, 7) is 5.10. The van der Waals surface area contributed by atoms with Gasteiger partial charge in [0.1, 0.15) is 5.41 Å². The zero-order valence-electron chi connectivity index (χ0n) is 10.0. The van der Waals surface area contributed by atoms with Crippen molar-refractivity contribution >= 4 is 11.7 Å². The fourth-order valence-corrected chi connectivity index (χ4v) is 1.66. The standard InChI is InChI=1S/C10H20N4O2/c1-10(2,8(11)13-16)9(15)12-7-4-5-14(3)6-7/h7,16H,4-6H2,1-3H3,(H2,11,13)(H,12,15). The number of nitrogens with one attached hydrogen (secondary N) is 1. The minimum absolute atomic E-state index is 0.0728. The molecule has 0 saturated carbocycles. The first-order valence-electron chi connectivity index (χ1n) is 5.35. The van der Waals surface area contributed by atoms with E-state index in [9.17, 15) is 4.79 Å². The molecule has 1 fully saturated rings. The second-order valence-corrected chi connectivity index (χ2v) is 4.83. The molecule has 1 aliphatic rings. The van der Waals surface area contributed by atoms with Gasteiger partial charge in [-0.25, -0.2) is 0 Å². The van der Waals surface area contributed by atoms with Gasteiger partial charge in [-0.2, -0.15) is 0 Å². The van der Waals surface area contributed by atoms with E-state index in [1.165, 1.54) is 0 Å². The van der Waals surface area contributed by atoms with Crippen molar-refractivity contribution in [1.82, 2.24) is 10.2 Å². The number of amides is 1. The van der Waals surface area contributed by atoms with E-state index < -0.39 is 5.41 Å². The number of oxime groups is 1. The Hall–Kier alpha value is -1.30. The third-order valence-electron chi connectivity index (χ3n) is 3.04. The van der Waals surface area contributed by atoms with Crippen molar-refractivity contribution in [2.75, 3.05) is 20.1 Å². The molecule has 1 aliphatic heterocycles. The minimum atomic E-state index is -0.976. The molecule has 1 rings (SSSR count). The fourth-order valence-electron chi connectivity index (χ4n) is 1.66. The van der Waals surface area contributed by atoms with E-state index >= 15 is 0 Å². The molecule has 0 aromatic carbocycles. The van der Waals surface area contributed by atoms with Gasteiger partial charge in [-0.1, -0.05) is 5.16 Å². The van der Waals surface area contributed by atoms with Crippen LogP contribution in [0.25, 0.3) is 0 Å². The average Bonchev–Trinajstić information content (AvgIpc) is 2.62. The van der Waals surface area contributed by atoms with Gasteiger partial charge in [-0.05, 0) is 33.9 Å². The molecule has 1 atom stereocenters. The Kier molecular flexibility index (Phi) is 3.74. The molecule has 0 aromatic rings. The fraction of sp³-hybridized carbons (Fsp3) is 0.800. The molecule has 4 N–H and O–H groups in total. The Morgan fingerprint density at radius 1 is 1.62 bits per heavy atom. The maximum atomic E-state index is 11.9. The molecular formula is C10H20N4O2. The van der Waals surface area contributed by atoms with E-state index in [0.717, 1.165) is 19.5 Å². The molecule has 0 aromatic heterocycles. The Labute approximate surface area is 95.5 Å². The number of carbonyl (C=O) groups is 1. The highest BCUT2D eigenvalue weighted by atomic mass is 16.4. The molecule has 0 radical (unpaired) electrons. The number of hydrogen-bond donors (Lipinski definition) is 3. The molecule has 92 valence electrons. The lowest BCUT2D eigenvalue weighted by Crippen LogP contribution is -2.49. The number of likely N-dealkylation sites (tertiary alicyclic amines) is 1. The molecule has 0 spiro atoms. The lowest BCUT2D eigenvalue weighted by atomic mass is 9.90. The maximum Gasteiger partial charge on any atom is 0.233 e. The average molecular weight is 228 g/mol. The van der Waals surface area contributed by atoms with Crippen molar-refractivity contribution in [2.24, 2.45) is 16.3 Å². The van der Waals surface area contributed by atoms with E-state index in [4.69, 9.17) is 10.9 Å². The summed E-state index contributed by atoms with van der Waals surface area (Å²) in [6.07, 6.45) is 0.939. The van der Waals surface area contributed by atoms with Gasteiger partial charge in [0.15, 0.2) is 5.84 Å². The second-order valence-electron chi connectivity index (χ2n) is 4.83. The van der Waals surface area contributed by atoms with Crippen LogP contribution in [0.2, 0.25) is 0 Å². The van der Waals surface area contributed by atoms with Crippen molar-refractivity contribution in [3.8, 4) is 0 Å². The van der Waals surface area contributed by atoms with Crippen molar-refractivity contribution in [1.29, 1.82) is 0 Å². The lowest BCUT2D eigenvalue weighted by Gasteiger charge is -2.24. The first kappa shape index (κ1) is 12.8. The monoisotopic (exact) mass is 228 g/mol. The first-order valence-corrected chi connectivity index (χ1v) is 5.35. The van der Waals surface area contributed by atoms with Crippen LogP contribution in [0.3, 0.4) is 0 Å². The number of hydrogen-bond acceptors (Lipinski definition) is 4. The highest BCUT2D eigenvalue weighted by molar-refractivity contribution is 6.05. The van der Waals surface area contributed by atoms with Gasteiger partial charge in [-0.3, -0.25) is 4.79 Å². The number of carbonyl (C=O) groups excluding carboxylic acids is 1. The maximum absolute atomic E-state index is 11.9. The quantitative estimate of drug-likeness (QED) is 0.265. The third-order valence-corrected chi connectivity index (χ3v) is 3.04. The third kappa shape index (κ3) is 2.63. The highest BCUT2D eigenvalue weighted by Gasteiger charge is 2.35. The van der Waals surface area contributed by atoms with E-state index in [-0.39, 0.29) is 17.8 Å². The summed E-state index contributed by atoms with van der Waals surface area (Å²) < 4.78 is 0. The number of nitrogens with zero attached hydrogens (tertiary/aromatic N) is 2. The summed E-state index contributed by atoms with van der Waals surface area (Å²) in [6, 6.07) is 0.156. The van der Waals surface area contributed by atoms with E-state index in [0.29, 0.717) is 0 Å². The minimum Gasteiger partial charge on any atom is -0.409 e. The highest BCUT2D eigenvalue weighted by Crippen LogP contribution is 2.17. The van der Waals surface area contributed by atoms with Crippen LogP contribution < -0.4 is 11.1 Å². The zero-order chi connectivity index (χ0) is 12.3. The van der Waals surface area contributed by atoms with Crippen molar-refractivity contribution < 1.29 is 10.0 Å². The molecule has 1 amide bonds. The predicted molar refractivity (Wildman–Crippen MR) is 61.2 cm³/mol. The molecule has 0 aliphatic carbocycles. The van der Waals surface area contributed by atoms with E-state index in [1.807, 2.05) is 7.05 Å². The van der Waals surface area contributed by atoms with Crippen LogP contribution in [-0.4, -0.2) is 48.0 Å². The second kappa shape index (κ2) is 4.69. The van der Waals surface area contributed by atoms with Crippen LogP contribution in [0.15, 0.2) is 5.16 Å². The molecule has 1 heterocycles. The van der Waals surface area contributed by atoms with Crippen molar-refractivity contribution in [3.63, 3.8) is 0 Å². The Balaban J connectivity index is 2.58. The summed E-state index contributed by atoms with van der Waals surface area (Å²) in [5, 5.41) is 14.4. The normalized spacial score (nSPS) is 23.4. The van der Waals surface area contributed by atoms with Crippen LogP contribution >= 0.6 is 0 Å². The van der Waals surface area contributed by atoms with Gasteiger partial charge >= 0.3 is 0 Å². The Bertz CT molecular complexity index is 301. The van der Waals surface area contributed by atoms with Gasteiger partial charge in [0.25, 0.3) is 0 Å². The summed E-state index contributed by atoms with van der Waals surface area (Å²) >= 11 is 0. The molecule has 0 bridgehead atoms. The largest absolute Gasteiger partial charge is 0.409 e. The van der Waals surface area contributed by atoms with E-state index in [2.05, 4.69) is 15.4 Å². The molecule has 6 nitrogen and oxygen atoms in total. The summed E-state index contributed by atoms with van der Waals surface area (Å²) in [4.78, 5) is 14.1. The van der Waals surface area contributed by atoms with Gasteiger partial charge in [-0.15, -0.1) is 0 Å². The van der Waals surface area contributed by atoms with E-state index in [1.54, 1.807) is 13.8 Å². The van der Waals surface area contributed by atoms with Crippen LogP contribution in [-0.2, 0) is 4.79 Å². The SMILES string of the molecule is CN1CCC(NC(=O)C(C)(C)C(N)=NO)C1. The first-order chi connectivity index (χ1) is 7.37. The van der Waals surface area contributed by atoms with Crippen LogP contribution in [0.1, 0.15) is 20.3 Å². The van der Waals surface area contributed by atoms with Crippen LogP contribution in [0, 0.1) is 5.41 Å². The van der Waals surface area contributed by atoms with Crippen molar-refractivity contribution in [3.05, 3.63) is 0 Å². The number of likely N-dealkylation sites (N-methyl/N-ethyl adjacent to an activating group) is 1. The van der Waals surface area contributed by atoms with Gasteiger partial charge < -0.3 is 21.2 Å². The summed E-state index contributed by atoms with van der Waals surface area (Å²) in [5.74, 6) is -0.278. The predicted octanol–water partition coefficient (Wildman–Crippen LogP) is -0.421. The van der Waals surface area contributed by atoms with Crippen LogP contribution in [0.5, 0.6) is 0 Å². The molecule has 1 unspecified atom stereocenters. The summed E-state index contributed by atoms with van der Waals surface area (Å²) in [7, 11) is 2.01. The number of nitrogens with two attached hydrogens (primary N) is 1. The molecular weight excluding hydrogens is 208 g/mol. The Morgan fingerprint density at radius 3 is 2.69 bits per heavy atom. The van der Waals surface area contributed by atoms with Crippen molar-refractivity contribution in [2.45, 2.75) is 26.3 Å². The van der Waals surface area contributed by atoms with Crippen LogP contribution in [0.4, 0.5) is 0 Å². The lowest BCUT2D eigenvalue weighted by molar-refractivity contribution is -0.127. The number of amidine groups is 1.